The van der Waals surface area contributed by atoms with E-state index in [1.807, 2.05) is 6.92 Å². The van der Waals surface area contributed by atoms with Gasteiger partial charge in [0.1, 0.15) is 0 Å². The van der Waals surface area contributed by atoms with Crippen molar-refractivity contribution in [1.29, 1.82) is 0 Å². The van der Waals surface area contributed by atoms with Crippen molar-refractivity contribution in [2.24, 2.45) is 0 Å². The normalized spacial score (nSPS) is 14.7. The van der Waals surface area contributed by atoms with E-state index in [1.165, 1.54) is 0 Å². The lowest BCUT2D eigenvalue weighted by atomic mass is 10.4. The van der Waals surface area contributed by atoms with Crippen molar-refractivity contribution in [3.05, 3.63) is 24.5 Å². The summed E-state index contributed by atoms with van der Waals surface area (Å²) in [7, 11) is -3.10. The summed E-state index contributed by atoms with van der Waals surface area (Å²) >= 11 is 0. The predicted molar refractivity (Wildman–Crippen MR) is 59.4 cm³/mol. The molecule has 0 radical (unpaired) electrons. The largest absolute Gasteiger partial charge is 0.356 e. The van der Waals surface area contributed by atoms with Gasteiger partial charge in [0.15, 0.2) is 0 Å². The highest BCUT2D eigenvalue weighted by Gasteiger charge is 2.24. The highest BCUT2D eigenvalue weighted by molar-refractivity contribution is 7.58. The van der Waals surface area contributed by atoms with Gasteiger partial charge in [-0.15, -0.1) is 6.58 Å². The van der Waals surface area contributed by atoms with Gasteiger partial charge in [0.05, 0.1) is 13.2 Å². The van der Waals surface area contributed by atoms with Crippen LogP contribution in [-0.2, 0) is 13.6 Å². The van der Waals surface area contributed by atoms with Gasteiger partial charge in [-0.2, -0.15) is 0 Å². The third kappa shape index (κ3) is 4.75. The fourth-order valence-corrected chi connectivity index (χ4v) is 1.92. The third-order valence-electron chi connectivity index (χ3n) is 1.59. The molecule has 0 aliphatic carbocycles. The van der Waals surface area contributed by atoms with Crippen molar-refractivity contribution < 1.29 is 13.6 Å². The standard InChI is InChI=1S/C10H19O3P/c1-5-7-9-13-14(11,10(3)4)12-8-6-2/h6H,2-3,5,7-9H2,1,4H3. The van der Waals surface area contributed by atoms with Crippen LogP contribution in [0.4, 0.5) is 0 Å². The zero-order valence-corrected chi connectivity index (χ0v) is 9.89. The molecule has 0 aromatic rings. The fraction of sp³-hybridized carbons (Fsp3) is 0.600. The third-order valence-corrected chi connectivity index (χ3v) is 3.54. The van der Waals surface area contributed by atoms with Crippen LogP contribution in [0.15, 0.2) is 24.5 Å². The molecule has 0 bridgehead atoms. The number of unbranched alkanes of at least 4 members (excludes halogenated alkanes) is 1. The molecular weight excluding hydrogens is 199 g/mol. The Morgan fingerprint density at radius 3 is 2.57 bits per heavy atom. The van der Waals surface area contributed by atoms with Crippen LogP contribution in [0.2, 0.25) is 0 Å². The number of allylic oxidation sites excluding steroid dienone is 1. The topological polar surface area (TPSA) is 35.5 Å². The molecule has 0 spiro atoms. The van der Waals surface area contributed by atoms with Crippen molar-refractivity contribution in [3.8, 4) is 0 Å². The van der Waals surface area contributed by atoms with E-state index in [9.17, 15) is 4.57 Å². The molecule has 4 heteroatoms. The highest BCUT2D eigenvalue weighted by Crippen LogP contribution is 2.55. The van der Waals surface area contributed by atoms with Gasteiger partial charge in [0.2, 0.25) is 0 Å². The Kier molecular flexibility index (Phi) is 6.81. The van der Waals surface area contributed by atoms with Crippen LogP contribution in [0.3, 0.4) is 0 Å². The van der Waals surface area contributed by atoms with Crippen LogP contribution in [0.25, 0.3) is 0 Å². The first-order valence-corrected chi connectivity index (χ1v) is 6.27. The smallest absolute Gasteiger partial charge is 0.305 e. The van der Waals surface area contributed by atoms with Crippen molar-refractivity contribution in [2.75, 3.05) is 13.2 Å². The van der Waals surface area contributed by atoms with Gasteiger partial charge in [-0.25, -0.2) is 0 Å². The Morgan fingerprint density at radius 2 is 2.14 bits per heavy atom. The van der Waals surface area contributed by atoms with Crippen molar-refractivity contribution in [2.45, 2.75) is 26.7 Å². The Balaban J connectivity index is 4.17. The average Bonchev–Trinajstić information content (AvgIpc) is 2.15. The molecule has 0 saturated carbocycles. The van der Waals surface area contributed by atoms with E-state index in [0.29, 0.717) is 11.9 Å². The predicted octanol–water partition coefficient (Wildman–Crippen LogP) is 3.73. The van der Waals surface area contributed by atoms with E-state index in [-0.39, 0.29) is 6.61 Å². The monoisotopic (exact) mass is 218 g/mol. The molecule has 0 amide bonds. The molecule has 0 fully saturated rings. The maximum absolute atomic E-state index is 12.0. The molecule has 0 aliphatic heterocycles. The second kappa shape index (κ2) is 6.99. The summed E-state index contributed by atoms with van der Waals surface area (Å²) in [4.78, 5) is 0. The molecule has 0 aromatic heterocycles. The molecule has 0 aromatic carbocycles. The first kappa shape index (κ1) is 13.6. The summed E-state index contributed by atoms with van der Waals surface area (Å²) in [6, 6.07) is 0. The zero-order chi connectivity index (χ0) is 11.0. The second-order valence-electron chi connectivity index (χ2n) is 3.00. The molecule has 3 nitrogen and oxygen atoms in total. The lowest BCUT2D eigenvalue weighted by Gasteiger charge is -2.17. The fourth-order valence-electron chi connectivity index (χ4n) is 0.738. The summed E-state index contributed by atoms with van der Waals surface area (Å²) in [5.41, 5.74) is 0. The van der Waals surface area contributed by atoms with Crippen LogP contribution in [-0.4, -0.2) is 13.2 Å². The second-order valence-corrected chi connectivity index (χ2v) is 5.28. The van der Waals surface area contributed by atoms with Gasteiger partial charge >= 0.3 is 7.60 Å². The lowest BCUT2D eigenvalue weighted by Crippen LogP contribution is -1.98. The molecular formula is C10H19O3P. The minimum Gasteiger partial charge on any atom is -0.305 e. The van der Waals surface area contributed by atoms with E-state index in [0.717, 1.165) is 12.8 Å². The summed E-state index contributed by atoms with van der Waals surface area (Å²) in [5, 5.41) is 0.440. The van der Waals surface area contributed by atoms with Crippen LogP contribution in [0.5, 0.6) is 0 Å². The minimum atomic E-state index is -3.10. The molecule has 0 N–H and O–H groups in total. The van der Waals surface area contributed by atoms with Crippen molar-refractivity contribution in [1.82, 2.24) is 0 Å². The van der Waals surface area contributed by atoms with E-state index in [1.54, 1.807) is 13.0 Å². The van der Waals surface area contributed by atoms with Gasteiger partial charge in [0, 0.05) is 5.31 Å². The summed E-state index contributed by atoms with van der Waals surface area (Å²) in [6.07, 6.45) is 3.41. The van der Waals surface area contributed by atoms with Crippen LogP contribution in [0, 0.1) is 0 Å². The summed E-state index contributed by atoms with van der Waals surface area (Å²) in [5.74, 6) is 0. The Bertz CT molecular complexity index is 236. The van der Waals surface area contributed by atoms with Gasteiger partial charge in [-0.05, 0) is 13.3 Å². The molecule has 0 heterocycles. The summed E-state index contributed by atoms with van der Waals surface area (Å²) in [6.45, 7) is 11.5. The quantitative estimate of drug-likeness (QED) is 0.353. The Morgan fingerprint density at radius 1 is 1.50 bits per heavy atom. The van der Waals surface area contributed by atoms with E-state index < -0.39 is 7.60 Å². The zero-order valence-electron chi connectivity index (χ0n) is 8.99. The maximum atomic E-state index is 12.0. The molecule has 1 unspecified atom stereocenters. The minimum absolute atomic E-state index is 0.219. The van der Waals surface area contributed by atoms with Crippen molar-refractivity contribution >= 4 is 7.60 Å². The first-order valence-electron chi connectivity index (χ1n) is 4.73. The number of rotatable bonds is 8. The molecule has 0 rings (SSSR count). The Hall–Kier alpha value is -0.370. The average molecular weight is 218 g/mol. The Labute approximate surface area is 86.3 Å². The van der Waals surface area contributed by atoms with Gasteiger partial charge < -0.3 is 9.05 Å². The molecule has 1 atom stereocenters. The lowest BCUT2D eigenvalue weighted by molar-refractivity contribution is 0.222. The van der Waals surface area contributed by atoms with Crippen LogP contribution < -0.4 is 0 Å². The highest BCUT2D eigenvalue weighted by atomic mass is 31.2. The number of hydrogen-bond acceptors (Lipinski definition) is 3. The van der Waals surface area contributed by atoms with Gasteiger partial charge in [-0.1, -0.05) is 26.0 Å². The maximum Gasteiger partial charge on any atom is 0.356 e. The molecule has 0 aliphatic rings. The van der Waals surface area contributed by atoms with Crippen molar-refractivity contribution in [3.63, 3.8) is 0 Å². The van der Waals surface area contributed by atoms with E-state index in [4.69, 9.17) is 9.05 Å². The van der Waals surface area contributed by atoms with E-state index >= 15 is 0 Å². The summed E-state index contributed by atoms with van der Waals surface area (Å²) < 4.78 is 22.3. The van der Waals surface area contributed by atoms with Gasteiger partial charge in [-0.3, -0.25) is 4.57 Å². The van der Waals surface area contributed by atoms with E-state index in [2.05, 4.69) is 13.2 Å². The SMILES string of the molecule is C=CCOP(=O)(OCCCC)C(=C)C. The van der Waals surface area contributed by atoms with Crippen LogP contribution >= 0.6 is 7.60 Å². The molecule has 14 heavy (non-hydrogen) atoms. The van der Waals surface area contributed by atoms with Crippen LogP contribution in [0.1, 0.15) is 26.7 Å². The number of hydrogen-bond donors (Lipinski definition) is 0. The first-order chi connectivity index (χ1) is 6.56. The molecule has 82 valence electrons. The van der Waals surface area contributed by atoms with Gasteiger partial charge in [0.25, 0.3) is 0 Å². The molecule has 0 saturated heterocycles.